The first-order valence-electron chi connectivity index (χ1n) is 9.52. The molecule has 0 aromatic heterocycles. The van der Waals surface area contributed by atoms with Crippen molar-refractivity contribution in [2.24, 2.45) is 11.8 Å². The monoisotopic (exact) mass is 429 g/mol. The Kier molecular flexibility index (Phi) is 4.89. The first kappa shape index (κ1) is 20.7. The van der Waals surface area contributed by atoms with Crippen LogP contribution in [0.4, 0.5) is 5.69 Å². The molecule has 4 rings (SSSR count). The molecule has 3 aliphatic rings. The Bertz CT molecular complexity index is 998. The van der Waals surface area contributed by atoms with Crippen molar-refractivity contribution in [2.45, 2.75) is 38.8 Å². The fraction of sp³-hybridized carbons (Fsp3) is 0.381. The van der Waals surface area contributed by atoms with Crippen molar-refractivity contribution in [1.29, 1.82) is 0 Å². The van der Waals surface area contributed by atoms with Crippen LogP contribution in [-0.4, -0.2) is 47.7 Å². The fourth-order valence-corrected chi connectivity index (χ4v) is 4.30. The number of nitrogens with zero attached hydrogens (tertiary/aromatic N) is 1. The molecular formula is C21H19NO9. The minimum Gasteiger partial charge on any atom is -0.427 e. The average molecular weight is 429 g/mol. The van der Waals surface area contributed by atoms with E-state index in [0.717, 1.165) is 18.7 Å². The van der Waals surface area contributed by atoms with E-state index < -0.39 is 59.6 Å². The van der Waals surface area contributed by atoms with Gasteiger partial charge in [-0.25, -0.2) is 4.90 Å². The van der Waals surface area contributed by atoms with Crippen molar-refractivity contribution in [3.05, 3.63) is 36.4 Å². The summed E-state index contributed by atoms with van der Waals surface area (Å²) >= 11 is 0. The summed E-state index contributed by atoms with van der Waals surface area (Å²) < 4.78 is 21.2. The van der Waals surface area contributed by atoms with Crippen LogP contribution in [0.15, 0.2) is 36.4 Å². The van der Waals surface area contributed by atoms with E-state index in [4.69, 9.17) is 18.9 Å². The van der Waals surface area contributed by atoms with E-state index in [2.05, 4.69) is 0 Å². The lowest BCUT2D eigenvalue weighted by Gasteiger charge is -2.34. The second-order valence-corrected chi connectivity index (χ2v) is 7.45. The molecule has 0 radical (unpaired) electrons. The van der Waals surface area contributed by atoms with E-state index in [1.165, 1.54) is 37.3 Å². The first-order valence-corrected chi connectivity index (χ1v) is 9.52. The molecule has 162 valence electrons. The number of amides is 2. The van der Waals surface area contributed by atoms with Crippen molar-refractivity contribution in [2.75, 3.05) is 4.90 Å². The number of fused-ring (bicyclic) bond motifs is 5. The van der Waals surface area contributed by atoms with Gasteiger partial charge in [0, 0.05) is 20.8 Å². The molecule has 1 aromatic rings. The Labute approximate surface area is 176 Å². The number of anilines is 1. The summed E-state index contributed by atoms with van der Waals surface area (Å²) in [5, 5.41) is 0. The number of hydrogen-bond donors (Lipinski definition) is 0. The van der Waals surface area contributed by atoms with Gasteiger partial charge < -0.3 is 18.9 Å². The van der Waals surface area contributed by atoms with Crippen LogP contribution >= 0.6 is 0 Å². The largest absolute Gasteiger partial charge is 0.427 e. The number of benzene rings is 1. The molecule has 4 unspecified atom stereocenters. The first-order chi connectivity index (χ1) is 14.6. The lowest BCUT2D eigenvalue weighted by atomic mass is 9.76. The molecule has 3 aliphatic heterocycles. The third-order valence-electron chi connectivity index (χ3n) is 5.35. The van der Waals surface area contributed by atoms with Gasteiger partial charge in [-0.3, -0.25) is 24.0 Å². The Balaban J connectivity index is 1.68. The standard InChI is InChI=1S/C21H19NO9/c1-10(23)28-14-6-4-13(5-7-14)22-18(26)16-15-8-9-21(31-15,17(16)19(22)27)20(29-11(2)24)30-12(3)25/h4-9,15-17,20H,1-3H3. The molecule has 2 bridgehead atoms. The summed E-state index contributed by atoms with van der Waals surface area (Å²) in [4.78, 5) is 61.8. The third-order valence-corrected chi connectivity index (χ3v) is 5.35. The molecule has 31 heavy (non-hydrogen) atoms. The van der Waals surface area contributed by atoms with Crippen molar-refractivity contribution in [3.63, 3.8) is 0 Å². The zero-order chi connectivity index (χ0) is 22.5. The smallest absolute Gasteiger partial charge is 0.308 e. The summed E-state index contributed by atoms with van der Waals surface area (Å²) in [5.41, 5.74) is -1.32. The maximum atomic E-state index is 13.4. The number of ether oxygens (including phenoxy) is 4. The van der Waals surface area contributed by atoms with Crippen LogP contribution in [0.5, 0.6) is 5.75 Å². The molecule has 2 amide bonds. The van der Waals surface area contributed by atoms with Gasteiger partial charge in [-0.1, -0.05) is 6.08 Å². The number of carbonyl (C=O) groups is 5. The Morgan fingerprint density at radius 1 is 0.968 bits per heavy atom. The molecule has 10 heteroatoms. The van der Waals surface area contributed by atoms with E-state index in [-0.39, 0.29) is 11.4 Å². The van der Waals surface area contributed by atoms with Crippen LogP contribution in [0.1, 0.15) is 20.8 Å². The summed E-state index contributed by atoms with van der Waals surface area (Å²) in [5.74, 6) is -4.69. The molecule has 0 spiro atoms. The van der Waals surface area contributed by atoms with Gasteiger partial charge in [0.25, 0.3) is 6.29 Å². The second-order valence-electron chi connectivity index (χ2n) is 7.45. The highest BCUT2D eigenvalue weighted by Gasteiger charge is 2.72. The van der Waals surface area contributed by atoms with Crippen LogP contribution in [-0.2, 0) is 38.2 Å². The Morgan fingerprint density at radius 3 is 2.13 bits per heavy atom. The van der Waals surface area contributed by atoms with Crippen LogP contribution in [0.2, 0.25) is 0 Å². The Morgan fingerprint density at radius 2 is 1.58 bits per heavy atom. The summed E-state index contributed by atoms with van der Waals surface area (Å²) in [7, 11) is 0. The van der Waals surface area contributed by atoms with E-state index in [9.17, 15) is 24.0 Å². The molecule has 0 saturated carbocycles. The van der Waals surface area contributed by atoms with Gasteiger partial charge in [-0.15, -0.1) is 0 Å². The van der Waals surface area contributed by atoms with E-state index in [1.54, 1.807) is 6.08 Å². The zero-order valence-electron chi connectivity index (χ0n) is 16.9. The maximum Gasteiger partial charge on any atom is 0.308 e. The molecule has 3 heterocycles. The molecule has 2 saturated heterocycles. The minimum atomic E-state index is -1.61. The van der Waals surface area contributed by atoms with Gasteiger partial charge in [0.2, 0.25) is 11.8 Å². The molecule has 4 atom stereocenters. The maximum absolute atomic E-state index is 13.4. The lowest BCUT2D eigenvalue weighted by molar-refractivity contribution is -0.226. The molecular weight excluding hydrogens is 410 g/mol. The number of imide groups is 1. The second kappa shape index (κ2) is 7.31. The summed E-state index contributed by atoms with van der Waals surface area (Å²) in [6.45, 7) is 3.52. The van der Waals surface area contributed by atoms with E-state index >= 15 is 0 Å². The minimum absolute atomic E-state index is 0.266. The van der Waals surface area contributed by atoms with Crippen LogP contribution < -0.4 is 9.64 Å². The fourth-order valence-electron chi connectivity index (χ4n) is 4.30. The lowest BCUT2D eigenvalue weighted by Crippen LogP contribution is -2.52. The highest BCUT2D eigenvalue weighted by atomic mass is 16.7. The number of hydrogen-bond acceptors (Lipinski definition) is 9. The normalized spacial score (nSPS) is 28.1. The van der Waals surface area contributed by atoms with E-state index in [1.807, 2.05) is 0 Å². The van der Waals surface area contributed by atoms with Gasteiger partial charge in [0.1, 0.15) is 5.75 Å². The van der Waals surface area contributed by atoms with Gasteiger partial charge in [0.15, 0.2) is 5.60 Å². The van der Waals surface area contributed by atoms with Crippen LogP contribution in [0.25, 0.3) is 0 Å². The molecule has 0 N–H and O–H groups in total. The van der Waals surface area contributed by atoms with Crippen molar-refractivity contribution in [3.8, 4) is 5.75 Å². The highest BCUT2D eigenvalue weighted by Crippen LogP contribution is 2.54. The summed E-state index contributed by atoms with van der Waals surface area (Å²) in [6, 6.07) is 5.89. The van der Waals surface area contributed by atoms with Crippen LogP contribution in [0, 0.1) is 11.8 Å². The predicted molar refractivity (Wildman–Crippen MR) is 101 cm³/mol. The Hall–Kier alpha value is -3.53. The molecule has 0 aliphatic carbocycles. The average Bonchev–Trinajstić information content (AvgIpc) is 3.32. The van der Waals surface area contributed by atoms with Crippen LogP contribution in [0.3, 0.4) is 0 Å². The number of esters is 3. The third kappa shape index (κ3) is 3.28. The topological polar surface area (TPSA) is 126 Å². The quantitative estimate of drug-likeness (QED) is 0.220. The van der Waals surface area contributed by atoms with Crippen molar-refractivity contribution >= 4 is 35.4 Å². The van der Waals surface area contributed by atoms with Crippen molar-refractivity contribution < 1.29 is 42.9 Å². The van der Waals surface area contributed by atoms with Gasteiger partial charge >= 0.3 is 17.9 Å². The van der Waals surface area contributed by atoms with Gasteiger partial charge in [-0.05, 0) is 30.3 Å². The number of rotatable bonds is 5. The van der Waals surface area contributed by atoms with Gasteiger partial charge in [0.05, 0.1) is 23.6 Å². The molecule has 10 nitrogen and oxygen atoms in total. The summed E-state index contributed by atoms with van der Waals surface area (Å²) in [6.07, 6.45) is 0.843. The van der Waals surface area contributed by atoms with E-state index in [0.29, 0.717) is 0 Å². The molecule has 2 fully saturated rings. The molecule has 1 aromatic carbocycles. The predicted octanol–water partition coefficient (Wildman–Crippen LogP) is 0.877. The van der Waals surface area contributed by atoms with Crippen molar-refractivity contribution in [1.82, 2.24) is 0 Å². The number of carbonyl (C=O) groups excluding carboxylic acids is 5. The highest BCUT2D eigenvalue weighted by molar-refractivity contribution is 6.23. The SMILES string of the molecule is CC(=O)Oc1ccc(N2C(=O)C3C4C=CC(C(OC(C)=O)OC(C)=O)(O4)C3C2=O)cc1. The van der Waals surface area contributed by atoms with Gasteiger partial charge in [-0.2, -0.15) is 0 Å². The zero-order valence-corrected chi connectivity index (χ0v) is 16.9.